The molecule has 2 fully saturated rings. The summed E-state index contributed by atoms with van der Waals surface area (Å²) in [7, 11) is 2.06. The van der Waals surface area contributed by atoms with Gasteiger partial charge in [-0.2, -0.15) is 0 Å². The zero-order chi connectivity index (χ0) is 20.2. The Morgan fingerprint density at radius 2 is 2.03 bits per heavy atom. The van der Waals surface area contributed by atoms with Gasteiger partial charge in [0.15, 0.2) is 5.69 Å². The average molecular weight is 401 g/mol. The van der Waals surface area contributed by atoms with E-state index in [1.165, 1.54) is 12.8 Å². The Morgan fingerprint density at radius 3 is 2.76 bits per heavy atom. The summed E-state index contributed by atoms with van der Waals surface area (Å²) in [5, 5.41) is 0. The molecule has 4 rings (SSSR count). The molecule has 0 spiro atoms. The van der Waals surface area contributed by atoms with Crippen LogP contribution in [0, 0.1) is 6.92 Å². The van der Waals surface area contributed by atoms with Crippen LogP contribution in [0.25, 0.3) is 5.65 Å². The van der Waals surface area contributed by atoms with Gasteiger partial charge in [0.05, 0.1) is 31.6 Å². The van der Waals surface area contributed by atoms with Gasteiger partial charge in [0, 0.05) is 32.4 Å². The van der Waals surface area contributed by atoms with E-state index in [1.54, 1.807) is 0 Å². The molecule has 7 nitrogen and oxygen atoms in total. The van der Waals surface area contributed by atoms with Gasteiger partial charge >= 0.3 is 0 Å². The zero-order valence-electron chi connectivity index (χ0n) is 17.6. The third-order valence-electron chi connectivity index (χ3n) is 5.80. The highest BCUT2D eigenvalue weighted by Gasteiger charge is 2.26. The van der Waals surface area contributed by atoms with Crippen molar-refractivity contribution in [3.63, 3.8) is 0 Å². The van der Waals surface area contributed by atoms with Crippen LogP contribution < -0.4 is 0 Å². The molecule has 0 aliphatic carbocycles. The molecular formula is C22H32N4O3. The van der Waals surface area contributed by atoms with E-state index in [-0.39, 0.29) is 12.0 Å². The van der Waals surface area contributed by atoms with Crippen LogP contribution in [0.2, 0.25) is 0 Å². The van der Waals surface area contributed by atoms with E-state index >= 15 is 0 Å². The number of hydrogen-bond donors (Lipinski definition) is 0. The van der Waals surface area contributed by atoms with Crippen molar-refractivity contribution in [3.8, 4) is 0 Å². The first-order chi connectivity index (χ1) is 14.1. The minimum Gasteiger partial charge on any atom is -0.376 e. The molecular weight excluding hydrogens is 368 g/mol. The second-order valence-electron chi connectivity index (χ2n) is 8.31. The number of aromatic nitrogens is 2. The summed E-state index contributed by atoms with van der Waals surface area (Å²) < 4.78 is 13.4. The smallest absolute Gasteiger partial charge is 0.274 e. The molecule has 7 heteroatoms. The van der Waals surface area contributed by atoms with Crippen molar-refractivity contribution >= 4 is 11.6 Å². The molecule has 2 aromatic heterocycles. The Morgan fingerprint density at radius 1 is 1.24 bits per heavy atom. The summed E-state index contributed by atoms with van der Waals surface area (Å²) in [4.78, 5) is 22.3. The summed E-state index contributed by atoms with van der Waals surface area (Å²) in [6, 6.07) is 4.11. The van der Waals surface area contributed by atoms with E-state index in [2.05, 4.69) is 29.3 Å². The van der Waals surface area contributed by atoms with Crippen LogP contribution in [0.3, 0.4) is 0 Å². The highest BCUT2D eigenvalue weighted by Crippen LogP contribution is 2.20. The molecule has 0 saturated carbocycles. The number of carbonyl (C=O) groups is 1. The van der Waals surface area contributed by atoms with Gasteiger partial charge in [0.25, 0.3) is 5.91 Å². The molecule has 2 saturated heterocycles. The van der Waals surface area contributed by atoms with Crippen molar-refractivity contribution in [2.45, 2.75) is 45.3 Å². The van der Waals surface area contributed by atoms with E-state index < -0.39 is 0 Å². The van der Waals surface area contributed by atoms with E-state index in [9.17, 15) is 4.79 Å². The maximum Gasteiger partial charge on any atom is 0.274 e. The fraction of sp³-hybridized carbons (Fsp3) is 0.636. The molecule has 1 atom stereocenters. The molecule has 0 unspecified atom stereocenters. The second-order valence-corrected chi connectivity index (χ2v) is 8.31. The summed E-state index contributed by atoms with van der Waals surface area (Å²) in [5.74, 6) is 0.0638. The molecule has 158 valence electrons. The van der Waals surface area contributed by atoms with Crippen LogP contribution in [-0.2, 0) is 16.0 Å². The van der Waals surface area contributed by atoms with Crippen LogP contribution >= 0.6 is 0 Å². The third-order valence-corrected chi connectivity index (χ3v) is 5.80. The molecule has 1 amide bonds. The molecule has 2 aromatic rings. The van der Waals surface area contributed by atoms with E-state index in [0.717, 1.165) is 49.4 Å². The minimum atomic E-state index is 0.0638. The number of imidazole rings is 1. The lowest BCUT2D eigenvalue weighted by atomic mass is 10.2. The predicted molar refractivity (Wildman–Crippen MR) is 111 cm³/mol. The minimum absolute atomic E-state index is 0.0638. The van der Waals surface area contributed by atoms with Crippen molar-refractivity contribution in [2.75, 3.05) is 46.5 Å². The number of carbonyl (C=O) groups excluding carboxylic acids is 1. The van der Waals surface area contributed by atoms with Crippen LogP contribution in [0.4, 0.5) is 0 Å². The number of aryl methyl sites for hydroxylation is 1. The molecule has 4 heterocycles. The number of fused-ring (bicyclic) bond motifs is 1. The number of ether oxygens (including phenoxy) is 2. The van der Waals surface area contributed by atoms with Gasteiger partial charge in [-0.15, -0.1) is 0 Å². The standard InChI is InChI=1S/C22H32N4O3/c1-17-7-10-26-19(15-24(2)14-18-16-28-11-12-29-18)21(23-20(26)13-17)22(27)25-8-5-3-4-6-9-25/h7,10,13,18H,3-6,8-9,11-12,14-16H2,1-2H3/t18-/m0/s1. The summed E-state index contributed by atoms with van der Waals surface area (Å²) in [5.41, 5.74) is 3.52. The highest BCUT2D eigenvalue weighted by molar-refractivity contribution is 5.94. The number of pyridine rings is 1. The van der Waals surface area contributed by atoms with E-state index in [0.29, 0.717) is 32.1 Å². The van der Waals surface area contributed by atoms with Crippen molar-refractivity contribution in [1.29, 1.82) is 0 Å². The Labute approximate surface area is 172 Å². The molecule has 29 heavy (non-hydrogen) atoms. The van der Waals surface area contributed by atoms with E-state index in [1.807, 2.05) is 17.2 Å². The molecule has 2 aliphatic rings. The van der Waals surface area contributed by atoms with Gasteiger partial charge in [0.2, 0.25) is 0 Å². The van der Waals surface area contributed by atoms with Crippen LogP contribution in [0.5, 0.6) is 0 Å². The number of hydrogen-bond acceptors (Lipinski definition) is 5. The first kappa shape index (κ1) is 20.3. The summed E-state index contributed by atoms with van der Waals surface area (Å²) >= 11 is 0. The van der Waals surface area contributed by atoms with Gasteiger partial charge in [0.1, 0.15) is 5.65 Å². The van der Waals surface area contributed by atoms with Crippen LogP contribution in [0.15, 0.2) is 18.3 Å². The lowest BCUT2D eigenvalue weighted by Crippen LogP contribution is -2.38. The largest absolute Gasteiger partial charge is 0.376 e. The molecule has 0 bridgehead atoms. The number of likely N-dealkylation sites (tertiary alicyclic amines) is 1. The Balaban J connectivity index is 1.59. The number of rotatable bonds is 5. The maximum atomic E-state index is 13.4. The topological polar surface area (TPSA) is 59.3 Å². The van der Waals surface area contributed by atoms with Crippen LogP contribution in [-0.4, -0.2) is 77.7 Å². The first-order valence-electron chi connectivity index (χ1n) is 10.8. The van der Waals surface area contributed by atoms with Crippen molar-refractivity contribution < 1.29 is 14.3 Å². The van der Waals surface area contributed by atoms with Gasteiger partial charge < -0.3 is 18.8 Å². The second kappa shape index (κ2) is 9.24. The number of likely N-dealkylation sites (N-methyl/N-ethyl adjacent to an activating group) is 1. The van der Waals surface area contributed by atoms with Crippen LogP contribution in [0.1, 0.15) is 47.4 Å². The van der Waals surface area contributed by atoms with E-state index in [4.69, 9.17) is 14.5 Å². The molecule has 0 radical (unpaired) electrons. The lowest BCUT2D eigenvalue weighted by Gasteiger charge is -2.27. The summed E-state index contributed by atoms with van der Waals surface area (Å²) in [6.45, 7) is 7.04. The average Bonchev–Trinajstić information content (AvgIpc) is 2.89. The maximum absolute atomic E-state index is 13.4. The highest BCUT2D eigenvalue weighted by atomic mass is 16.6. The lowest BCUT2D eigenvalue weighted by molar-refractivity contribution is -0.0963. The Kier molecular flexibility index (Phi) is 6.47. The SMILES string of the molecule is Cc1ccn2c(CN(C)C[C@H]3COCCO3)c(C(=O)N3CCCCCC3)nc2c1. The Hall–Kier alpha value is -1.96. The number of amides is 1. The van der Waals surface area contributed by atoms with Crippen molar-refractivity contribution in [3.05, 3.63) is 35.3 Å². The molecule has 0 aromatic carbocycles. The quantitative estimate of drug-likeness (QED) is 0.772. The van der Waals surface area contributed by atoms with Gasteiger partial charge in [-0.05, 0) is 44.5 Å². The van der Waals surface area contributed by atoms with Gasteiger partial charge in [-0.3, -0.25) is 9.69 Å². The monoisotopic (exact) mass is 400 g/mol. The Bertz CT molecular complexity index is 836. The predicted octanol–water partition coefficient (Wildman–Crippen LogP) is 2.51. The normalized spacial score (nSPS) is 20.9. The number of nitrogens with zero attached hydrogens (tertiary/aromatic N) is 4. The van der Waals surface area contributed by atoms with Crippen molar-refractivity contribution in [1.82, 2.24) is 19.2 Å². The molecule has 2 aliphatic heterocycles. The first-order valence-corrected chi connectivity index (χ1v) is 10.8. The fourth-order valence-corrected chi connectivity index (χ4v) is 4.25. The zero-order valence-corrected chi connectivity index (χ0v) is 17.6. The third kappa shape index (κ3) is 4.79. The fourth-order valence-electron chi connectivity index (χ4n) is 4.25. The summed E-state index contributed by atoms with van der Waals surface area (Å²) in [6.07, 6.45) is 6.65. The van der Waals surface area contributed by atoms with Gasteiger partial charge in [-0.1, -0.05) is 12.8 Å². The van der Waals surface area contributed by atoms with Crippen molar-refractivity contribution in [2.24, 2.45) is 0 Å². The van der Waals surface area contributed by atoms with Gasteiger partial charge in [-0.25, -0.2) is 4.98 Å². The molecule has 0 N–H and O–H groups in total.